The molecule has 4 nitrogen and oxygen atoms in total. The average Bonchev–Trinajstić information content (AvgIpc) is 2.88. The molecule has 0 aliphatic heterocycles. The third-order valence-electron chi connectivity index (χ3n) is 4.19. The van der Waals surface area contributed by atoms with Crippen molar-refractivity contribution in [3.63, 3.8) is 0 Å². The van der Waals surface area contributed by atoms with Crippen molar-refractivity contribution in [2.24, 2.45) is 0 Å². The zero-order chi connectivity index (χ0) is 17.7. The second-order valence-corrected chi connectivity index (χ2v) is 5.95. The van der Waals surface area contributed by atoms with Crippen LogP contribution in [0, 0.1) is 13.8 Å². The number of aromatic nitrogens is 1. The molecule has 0 N–H and O–H groups in total. The lowest BCUT2D eigenvalue weighted by Gasteiger charge is -2.08. The third kappa shape index (κ3) is 3.94. The Morgan fingerprint density at radius 1 is 1.04 bits per heavy atom. The van der Waals surface area contributed by atoms with E-state index in [1.807, 2.05) is 26.8 Å². The Kier molecular flexibility index (Phi) is 5.96. The molecule has 0 amide bonds. The number of hydrogen-bond acceptors (Lipinski definition) is 3. The van der Waals surface area contributed by atoms with E-state index in [9.17, 15) is 9.59 Å². The molecule has 4 heteroatoms. The largest absolute Gasteiger partial charge is 0.485 e. The van der Waals surface area contributed by atoms with Crippen LogP contribution in [0.25, 0.3) is 0 Å². The Morgan fingerprint density at radius 3 is 2.29 bits per heavy atom. The van der Waals surface area contributed by atoms with Crippen LogP contribution in [0.2, 0.25) is 0 Å². The fraction of sp³-hybridized carbons (Fsp3) is 0.400. The van der Waals surface area contributed by atoms with Gasteiger partial charge < -0.3 is 9.30 Å². The van der Waals surface area contributed by atoms with Gasteiger partial charge in [0.05, 0.1) is 0 Å². The maximum atomic E-state index is 12.4. The van der Waals surface area contributed by atoms with Gasteiger partial charge in [0.15, 0.2) is 12.4 Å². The Morgan fingerprint density at radius 2 is 1.71 bits per heavy atom. The number of ketones is 2. The van der Waals surface area contributed by atoms with Crippen LogP contribution in [0.3, 0.4) is 0 Å². The van der Waals surface area contributed by atoms with Crippen LogP contribution in [0.1, 0.15) is 58.8 Å². The molecule has 128 valence electrons. The number of hydrogen-bond donors (Lipinski definition) is 0. The normalized spacial score (nSPS) is 10.7. The van der Waals surface area contributed by atoms with Crippen LogP contribution in [-0.4, -0.2) is 22.7 Å². The Hall–Kier alpha value is -2.36. The molecule has 2 aromatic rings. The van der Waals surface area contributed by atoms with Crippen molar-refractivity contribution >= 4 is 11.6 Å². The van der Waals surface area contributed by atoms with Crippen LogP contribution < -0.4 is 4.74 Å². The number of nitrogens with zero attached hydrogens (tertiary/aromatic N) is 1. The summed E-state index contributed by atoms with van der Waals surface area (Å²) in [5.41, 5.74) is 3.48. The number of Topliss-reactive ketones (excluding diaryl/α,β-unsaturated/α-hetero) is 2. The molecule has 1 heterocycles. The van der Waals surface area contributed by atoms with Gasteiger partial charge in [0.25, 0.3) is 0 Å². The second kappa shape index (κ2) is 7.95. The molecular formula is C20H25NO3. The van der Waals surface area contributed by atoms with Gasteiger partial charge in [-0.2, -0.15) is 0 Å². The molecule has 0 fully saturated rings. The predicted octanol–water partition coefficient (Wildman–Crippen LogP) is 4.37. The summed E-state index contributed by atoms with van der Waals surface area (Å²) in [6.07, 6.45) is 1.51. The zero-order valence-electron chi connectivity index (χ0n) is 14.9. The first-order valence-corrected chi connectivity index (χ1v) is 8.43. The van der Waals surface area contributed by atoms with Crippen molar-refractivity contribution in [2.75, 3.05) is 6.61 Å². The Balaban J connectivity index is 2.03. The van der Waals surface area contributed by atoms with Crippen LogP contribution in [0.4, 0.5) is 0 Å². The van der Waals surface area contributed by atoms with Gasteiger partial charge >= 0.3 is 0 Å². The maximum Gasteiger partial charge on any atom is 0.202 e. The van der Waals surface area contributed by atoms with Gasteiger partial charge in [-0.15, -0.1) is 0 Å². The van der Waals surface area contributed by atoms with E-state index in [-0.39, 0.29) is 18.2 Å². The molecule has 24 heavy (non-hydrogen) atoms. The summed E-state index contributed by atoms with van der Waals surface area (Å²) in [4.78, 5) is 24.0. The highest BCUT2D eigenvalue weighted by molar-refractivity contribution is 5.98. The lowest BCUT2D eigenvalue weighted by Crippen LogP contribution is -2.13. The third-order valence-corrected chi connectivity index (χ3v) is 4.19. The molecule has 0 aliphatic rings. The number of benzene rings is 1. The number of ether oxygens (including phenoxy) is 1. The van der Waals surface area contributed by atoms with Crippen LogP contribution in [0.5, 0.6) is 5.75 Å². The van der Waals surface area contributed by atoms with Gasteiger partial charge in [-0.3, -0.25) is 9.59 Å². The van der Waals surface area contributed by atoms with Crippen molar-refractivity contribution in [3.05, 3.63) is 52.8 Å². The minimum Gasteiger partial charge on any atom is -0.485 e. The topological polar surface area (TPSA) is 48.3 Å². The molecule has 0 bridgehead atoms. The minimum atomic E-state index is -0.0286. The van der Waals surface area contributed by atoms with E-state index in [0.717, 1.165) is 29.9 Å². The number of rotatable bonds is 8. The van der Waals surface area contributed by atoms with E-state index < -0.39 is 0 Å². The summed E-state index contributed by atoms with van der Waals surface area (Å²) in [7, 11) is 0. The maximum absolute atomic E-state index is 12.4. The van der Waals surface area contributed by atoms with E-state index in [1.54, 1.807) is 24.3 Å². The van der Waals surface area contributed by atoms with Gasteiger partial charge in [0.2, 0.25) is 5.78 Å². The number of carbonyl (C=O) groups excluding carboxylic acids is 2. The van der Waals surface area contributed by atoms with Gasteiger partial charge in [0, 0.05) is 35.5 Å². The number of aryl methyl sites for hydroxylation is 1. The summed E-state index contributed by atoms with van der Waals surface area (Å²) >= 11 is 0. The van der Waals surface area contributed by atoms with Gasteiger partial charge in [-0.05, 0) is 50.6 Å². The SMILES string of the molecule is CCCn1c(C)cc(C(=O)COc2ccc(C(=O)CC)cc2)c1C. The molecular weight excluding hydrogens is 302 g/mol. The second-order valence-electron chi connectivity index (χ2n) is 5.95. The molecule has 0 radical (unpaired) electrons. The van der Waals surface area contributed by atoms with Crippen molar-refractivity contribution in [1.82, 2.24) is 4.57 Å². The molecule has 0 saturated carbocycles. The first-order valence-electron chi connectivity index (χ1n) is 8.43. The Bertz CT molecular complexity index is 726. The zero-order valence-corrected chi connectivity index (χ0v) is 14.9. The fourth-order valence-corrected chi connectivity index (χ4v) is 2.82. The van der Waals surface area contributed by atoms with Gasteiger partial charge in [-0.1, -0.05) is 13.8 Å². The molecule has 1 aromatic heterocycles. The lowest BCUT2D eigenvalue weighted by molar-refractivity contribution is 0.0919. The molecule has 0 unspecified atom stereocenters. The highest BCUT2D eigenvalue weighted by Gasteiger charge is 2.16. The van der Waals surface area contributed by atoms with E-state index in [4.69, 9.17) is 4.74 Å². The summed E-state index contributed by atoms with van der Waals surface area (Å²) in [6, 6.07) is 8.87. The molecule has 0 aliphatic carbocycles. The van der Waals surface area contributed by atoms with Crippen molar-refractivity contribution in [1.29, 1.82) is 0 Å². The van der Waals surface area contributed by atoms with Crippen LogP contribution in [0.15, 0.2) is 30.3 Å². The first kappa shape index (κ1) is 18.0. The monoisotopic (exact) mass is 327 g/mol. The summed E-state index contributed by atoms with van der Waals surface area (Å²) in [6.45, 7) is 8.86. The van der Waals surface area contributed by atoms with Crippen molar-refractivity contribution in [2.45, 2.75) is 47.1 Å². The first-order chi connectivity index (χ1) is 11.5. The summed E-state index contributed by atoms with van der Waals surface area (Å²) in [5, 5.41) is 0. The predicted molar refractivity (Wildman–Crippen MR) is 95.1 cm³/mol. The quantitative estimate of drug-likeness (QED) is 0.676. The molecule has 2 rings (SSSR count). The fourth-order valence-electron chi connectivity index (χ4n) is 2.82. The van der Waals surface area contributed by atoms with E-state index in [0.29, 0.717) is 17.7 Å². The Labute approximate surface area is 143 Å². The molecule has 0 atom stereocenters. The minimum absolute atomic E-state index is 0.00249. The molecule has 0 saturated heterocycles. The highest BCUT2D eigenvalue weighted by atomic mass is 16.5. The van der Waals surface area contributed by atoms with Crippen LogP contribution in [-0.2, 0) is 6.54 Å². The standard InChI is InChI=1S/C20H25NO3/c1-5-11-21-14(3)12-18(15(21)4)20(23)13-24-17-9-7-16(8-10-17)19(22)6-2/h7-10,12H,5-6,11,13H2,1-4H3. The van der Waals surface area contributed by atoms with Crippen molar-refractivity contribution < 1.29 is 14.3 Å². The van der Waals surface area contributed by atoms with Gasteiger partial charge in [0.1, 0.15) is 5.75 Å². The van der Waals surface area contributed by atoms with E-state index in [1.165, 1.54) is 0 Å². The van der Waals surface area contributed by atoms with E-state index in [2.05, 4.69) is 11.5 Å². The number of carbonyl (C=O) groups is 2. The van der Waals surface area contributed by atoms with Crippen LogP contribution >= 0.6 is 0 Å². The average molecular weight is 327 g/mol. The smallest absolute Gasteiger partial charge is 0.202 e. The highest BCUT2D eigenvalue weighted by Crippen LogP contribution is 2.18. The van der Waals surface area contributed by atoms with Crippen molar-refractivity contribution in [3.8, 4) is 5.75 Å². The van der Waals surface area contributed by atoms with Gasteiger partial charge in [-0.25, -0.2) is 0 Å². The summed E-state index contributed by atoms with van der Waals surface area (Å²) in [5.74, 6) is 0.665. The molecule has 1 aromatic carbocycles. The van der Waals surface area contributed by atoms with E-state index >= 15 is 0 Å². The summed E-state index contributed by atoms with van der Waals surface area (Å²) < 4.78 is 7.75. The lowest BCUT2D eigenvalue weighted by atomic mass is 10.1. The molecule has 0 spiro atoms.